The molecule has 0 aliphatic carbocycles. The van der Waals surface area contributed by atoms with E-state index in [4.69, 9.17) is 0 Å². The molecule has 1 atom stereocenters. The van der Waals surface area contributed by atoms with E-state index in [1.807, 2.05) is 30.5 Å². The molecule has 0 bridgehead atoms. The highest BCUT2D eigenvalue weighted by Crippen LogP contribution is 2.26. The Kier molecular flexibility index (Phi) is 5.39. The fourth-order valence-electron chi connectivity index (χ4n) is 2.05. The number of rotatable bonds is 5. The fraction of sp³-hybridized carbons (Fsp3) is 0.176. The van der Waals surface area contributed by atoms with Crippen LogP contribution in [0.2, 0.25) is 0 Å². The van der Waals surface area contributed by atoms with Crippen molar-refractivity contribution in [2.45, 2.75) is 19.4 Å². The molecule has 118 valence electrons. The van der Waals surface area contributed by atoms with Gasteiger partial charge in [-0.25, -0.2) is 0 Å². The number of hydrogen-bond donors (Lipinski definition) is 3. The lowest BCUT2D eigenvalue weighted by molar-refractivity contribution is -0.117. The van der Waals surface area contributed by atoms with E-state index in [0.29, 0.717) is 12.0 Å². The van der Waals surface area contributed by atoms with Crippen LogP contribution in [0, 0.1) is 11.3 Å². The van der Waals surface area contributed by atoms with Crippen molar-refractivity contribution in [2.24, 2.45) is 0 Å². The quantitative estimate of drug-likeness (QED) is 0.446. The summed E-state index contributed by atoms with van der Waals surface area (Å²) in [6.07, 6.45) is 2.08. The second kappa shape index (κ2) is 7.47. The third-order valence-electron chi connectivity index (χ3n) is 3.28. The van der Waals surface area contributed by atoms with Gasteiger partial charge < -0.3 is 15.5 Å². The third kappa shape index (κ3) is 4.11. The molecule has 0 saturated carbocycles. The number of amides is 1. The SMILES string of the molecule is CCC(NC(=O)/C(C#N)=C/c1ccc(O)c(O)c1)c1cccs1. The molecule has 23 heavy (non-hydrogen) atoms. The Balaban J connectivity index is 2.19. The first-order valence-electron chi connectivity index (χ1n) is 7.03. The molecule has 1 aromatic heterocycles. The average molecular weight is 328 g/mol. The van der Waals surface area contributed by atoms with Gasteiger partial charge in [0, 0.05) is 4.88 Å². The molecule has 0 aliphatic heterocycles. The summed E-state index contributed by atoms with van der Waals surface area (Å²) < 4.78 is 0. The summed E-state index contributed by atoms with van der Waals surface area (Å²) in [5, 5.41) is 32.7. The van der Waals surface area contributed by atoms with Crippen LogP contribution in [0.25, 0.3) is 6.08 Å². The topological polar surface area (TPSA) is 93.4 Å². The van der Waals surface area contributed by atoms with Crippen molar-refractivity contribution in [3.63, 3.8) is 0 Å². The molecule has 0 fully saturated rings. The number of thiophene rings is 1. The van der Waals surface area contributed by atoms with Crippen LogP contribution in [0.3, 0.4) is 0 Å². The predicted molar refractivity (Wildman–Crippen MR) is 88.9 cm³/mol. The zero-order valence-electron chi connectivity index (χ0n) is 12.5. The molecule has 0 radical (unpaired) electrons. The second-order valence-electron chi connectivity index (χ2n) is 4.87. The molecule has 2 rings (SSSR count). The summed E-state index contributed by atoms with van der Waals surface area (Å²) in [7, 11) is 0. The largest absolute Gasteiger partial charge is 0.504 e. The Morgan fingerprint density at radius 2 is 2.17 bits per heavy atom. The highest BCUT2D eigenvalue weighted by Gasteiger charge is 2.16. The van der Waals surface area contributed by atoms with Crippen LogP contribution in [0.5, 0.6) is 11.5 Å². The van der Waals surface area contributed by atoms with Gasteiger partial charge >= 0.3 is 0 Å². The lowest BCUT2D eigenvalue weighted by Crippen LogP contribution is -2.28. The van der Waals surface area contributed by atoms with Crippen LogP contribution >= 0.6 is 11.3 Å². The lowest BCUT2D eigenvalue weighted by atomic mass is 10.1. The number of nitrogens with one attached hydrogen (secondary N) is 1. The van der Waals surface area contributed by atoms with Gasteiger partial charge in [0.2, 0.25) is 0 Å². The van der Waals surface area contributed by atoms with Crippen molar-refractivity contribution in [3.8, 4) is 17.6 Å². The summed E-state index contributed by atoms with van der Waals surface area (Å²) in [6, 6.07) is 9.67. The van der Waals surface area contributed by atoms with Gasteiger partial charge in [-0.3, -0.25) is 4.79 Å². The standard InChI is InChI=1S/C17H16N2O3S/c1-2-13(16-4-3-7-23-16)19-17(22)12(10-18)8-11-5-6-14(20)15(21)9-11/h3-9,13,20-21H,2H2,1H3,(H,19,22)/b12-8+. The first-order chi connectivity index (χ1) is 11.0. The van der Waals surface area contributed by atoms with Gasteiger partial charge in [0.05, 0.1) is 6.04 Å². The Morgan fingerprint density at radius 1 is 1.39 bits per heavy atom. The van der Waals surface area contributed by atoms with E-state index in [2.05, 4.69) is 5.32 Å². The number of hydrogen-bond acceptors (Lipinski definition) is 5. The first kappa shape index (κ1) is 16.6. The van der Waals surface area contributed by atoms with Crippen molar-refractivity contribution >= 4 is 23.3 Å². The maximum absolute atomic E-state index is 12.3. The van der Waals surface area contributed by atoms with Crippen LogP contribution < -0.4 is 5.32 Å². The molecule has 0 saturated heterocycles. The number of phenolic OH excluding ortho intramolecular Hbond substituents is 2. The molecule has 1 unspecified atom stereocenters. The van der Waals surface area contributed by atoms with E-state index in [1.54, 1.807) is 11.3 Å². The van der Waals surface area contributed by atoms with E-state index in [0.717, 1.165) is 4.88 Å². The van der Waals surface area contributed by atoms with Gasteiger partial charge in [-0.05, 0) is 41.6 Å². The number of carbonyl (C=O) groups is 1. The smallest absolute Gasteiger partial charge is 0.262 e. The van der Waals surface area contributed by atoms with E-state index >= 15 is 0 Å². The van der Waals surface area contributed by atoms with Crippen LogP contribution in [0.4, 0.5) is 0 Å². The monoisotopic (exact) mass is 328 g/mol. The van der Waals surface area contributed by atoms with Crippen LogP contribution in [0.1, 0.15) is 29.8 Å². The van der Waals surface area contributed by atoms with E-state index in [1.165, 1.54) is 24.3 Å². The summed E-state index contributed by atoms with van der Waals surface area (Å²) in [5.74, 6) is -1.03. The van der Waals surface area contributed by atoms with E-state index < -0.39 is 5.91 Å². The second-order valence-corrected chi connectivity index (χ2v) is 5.85. The predicted octanol–water partition coefficient (Wildman–Crippen LogP) is 3.33. The Labute approximate surface area is 138 Å². The van der Waals surface area contributed by atoms with Crippen molar-refractivity contribution < 1.29 is 15.0 Å². The van der Waals surface area contributed by atoms with Crippen molar-refractivity contribution in [2.75, 3.05) is 0 Å². The molecule has 0 aliphatic rings. The highest BCUT2D eigenvalue weighted by molar-refractivity contribution is 7.10. The highest BCUT2D eigenvalue weighted by atomic mass is 32.1. The van der Waals surface area contributed by atoms with Crippen LogP contribution in [-0.2, 0) is 4.79 Å². The Bertz CT molecular complexity index is 761. The zero-order chi connectivity index (χ0) is 16.8. The summed E-state index contributed by atoms with van der Waals surface area (Å²) in [5.41, 5.74) is 0.390. The summed E-state index contributed by atoms with van der Waals surface area (Å²) in [4.78, 5) is 13.3. The molecule has 3 N–H and O–H groups in total. The molecule has 5 nitrogen and oxygen atoms in total. The van der Waals surface area contributed by atoms with E-state index in [9.17, 15) is 20.3 Å². The Morgan fingerprint density at radius 3 is 2.74 bits per heavy atom. The molecule has 2 aromatic rings. The number of phenols is 2. The molecular weight excluding hydrogens is 312 g/mol. The summed E-state index contributed by atoms with van der Waals surface area (Å²) >= 11 is 1.55. The van der Waals surface area contributed by atoms with Gasteiger partial charge in [0.15, 0.2) is 11.5 Å². The van der Waals surface area contributed by atoms with Crippen molar-refractivity contribution in [1.29, 1.82) is 5.26 Å². The Hall–Kier alpha value is -2.78. The van der Waals surface area contributed by atoms with Crippen molar-refractivity contribution in [1.82, 2.24) is 5.32 Å². The fourth-order valence-corrected chi connectivity index (χ4v) is 2.91. The average Bonchev–Trinajstić information content (AvgIpc) is 3.07. The number of carbonyl (C=O) groups excluding carboxylic acids is 1. The number of nitrogens with zero attached hydrogens (tertiary/aromatic N) is 1. The van der Waals surface area contributed by atoms with Gasteiger partial charge in [0.25, 0.3) is 5.91 Å². The maximum atomic E-state index is 12.3. The molecule has 1 heterocycles. The number of benzene rings is 1. The van der Waals surface area contributed by atoms with Gasteiger partial charge in [0.1, 0.15) is 11.6 Å². The summed E-state index contributed by atoms with van der Waals surface area (Å²) in [6.45, 7) is 1.96. The lowest BCUT2D eigenvalue weighted by Gasteiger charge is -2.15. The molecule has 1 amide bonds. The van der Waals surface area contributed by atoms with E-state index in [-0.39, 0.29) is 23.1 Å². The minimum atomic E-state index is -0.472. The van der Waals surface area contributed by atoms with Gasteiger partial charge in [-0.1, -0.05) is 19.1 Å². The minimum absolute atomic E-state index is 0.0647. The van der Waals surface area contributed by atoms with Crippen molar-refractivity contribution in [3.05, 3.63) is 51.7 Å². The maximum Gasteiger partial charge on any atom is 0.262 e. The number of aromatic hydroxyl groups is 2. The molecular formula is C17H16N2O3S. The van der Waals surface area contributed by atoms with Crippen LogP contribution in [0.15, 0.2) is 41.3 Å². The molecule has 1 aromatic carbocycles. The molecule has 6 heteroatoms. The van der Waals surface area contributed by atoms with Gasteiger partial charge in [-0.15, -0.1) is 11.3 Å². The number of nitriles is 1. The molecule has 0 spiro atoms. The third-order valence-corrected chi connectivity index (χ3v) is 4.26. The first-order valence-corrected chi connectivity index (χ1v) is 7.91. The zero-order valence-corrected chi connectivity index (χ0v) is 13.3. The van der Waals surface area contributed by atoms with Crippen LogP contribution in [-0.4, -0.2) is 16.1 Å². The normalized spacial score (nSPS) is 12.4. The van der Waals surface area contributed by atoms with Gasteiger partial charge in [-0.2, -0.15) is 5.26 Å². The minimum Gasteiger partial charge on any atom is -0.504 e.